The third-order valence-electron chi connectivity index (χ3n) is 4.90. The summed E-state index contributed by atoms with van der Waals surface area (Å²) < 4.78 is 11.4. The molecule has 1 aromatic heterocycles. The molecule has 4 rings (SSSR count). The monoisotopic (exact) mass is 313 g/mol. The number of nitrogens with zero attached hydrogens (tertiary/aromatic N) is 3. The van der Waals surface area contributed by atoms with E-state index in [2.05, 4.69) is 27.2 Å². The van der Waals surface area contributed by atoms with Crippen LogP contribution in [0.25, 0.3) is 0 Å². The van der Waals surface area contributed by atoms with Crippen molar-refractivity contribution in [3.05, 3.63) is 47.6 Å². The van der Waals surface area contributed by atoms with Crippen LogP contribution in [0.1, 0.15) is 43.0 Å². The smallest absolute Gasteiger partial charge is 0.240 e. The van der Waals surface area contributed by atoms with E-state index in [1.807, 2.05) is 18.2 Å². The van der Waals surface area contributed by atoms with Gasteiger partial charge in [-0.3, -0.25) is 4.90 Å². The molecule has 5 heteroatoms. The van der Waals surface area contributed by atoms with Crippen LogP contribution < -0.4 is 0 Å². The zero-order valence-electron chi connectivity index (χ0n) is 13.4. The minimum Gasteiger partial charge on any atom is -0.375 e. The Kier molecular flexibility index (Phi) is 4.39. The average Bonchev–Trinajstić information content (AvgIpc) is 3.03. The summed E-state index contributed by atoms with van der Waals surface area (Å²) in [5.41, 5.74) is 1.21. The summed E-state index contributed by atoms with van der Waals surface area (Å²) in [6, 6.07) is 10.8. The Morgan fingerprint density at radius 2 is 2.00 bits per heavy atom. The van der Waals surface area contributed by atoms with Gasteiger partial charge in [0.05, 0.1) is 19.3 Å². The Morgan fingerprint density at radius 1 is 1.13 bits per heavy atom. The molecule has 122 valence electrons. The maximum Gasteiger partial charge on any atom is 0.240 e. The van der Waals surface area contributed by atoms with Crippen molar-refractivity contribution in [2.75, 3.05) is 13.2 Å². The van der Waals surface area contributed by atoms with Gasteiger partial charge in [-0.15, -0.1) is 0 Å². The van der Waals surface area contributed by atoms with E-state index < -0.39 is 0 Å². The van der Waals surface area contributed by atoms with Crippen molar-refractivity contribution in [2.24, 2.45) is 0 Å². The summed E-state index contributed by atoms with van der Waals surface area (Å²) in [7, 11) is 0. The molecule has 2 aliphatic rings. The molecule has 1 aliphatic carbocycles. The molecule has 0 unspecified atom stereocenters. The Balaban J connectivity index is 1.41. The van der Waals surface area contributed by atoms with Crippen LogP contribution in [0, 0.1) is 0 Å². The number of fused-ring (bicyclic) bond motifs is 1. The standard InChI is InChI=1S/C18H23N3O2/c1-2-6-14(7-3-1)12-17-19-18(23-20-17)13-21-10-11-22-16-9-5-4-8-15(16)21/h1-3,6-7,15-16H,4-5,8-13H2/t15-,16+/m0/s1. The Bertz CT molecular complexity index is 626. The minimum atomic E-state index is 0.393. The molecule has 1 aromatic carbocycles. The quantitative estimate of drug-likeness (QED) is 0.869. The van der Waals surface area contributed by atoms with Gasteiger partial charge in [-0.25, -0.2) is 0 Å². The van der Waals surface area contributed by atoms with Crippen LogP contribution >= 0.6 is 0 Å². The fourth-order valence-corrected chi connectivity index (χ4v) is 3.75. The van der Waals surface area contributed by atoms with Gasteiger partial charge in [-0.1, -0.05) is 48.3 Å². The van der Waals surface area contributed by atoms with E-state index in [9.17, 15) is 0 Å². The van der Waals surface area contributed by atoms with Gasteiger partial charge in [0, 0.05) is 19.0 Å². The molecule has 1 saturated carbocycles. The maximum absolute atomic E-state index is 5.93. The van der Waals surface area contributed by atoms with Gasteiger partial charge < -0.3 is 9.26 Å². The van der Waals surface area contributed by atoms with Crippen molar-refractivity contribution in [3.63, 3.8) is 0 Å². The van der Waals surface area contributed by atoms with Crippen LogP contribution in [0.3, 0.4) is 0 Å². The van der Waals surface area contributed by atoms with E-state index in [0.717, 1.165) is 37.8 Å². The van der Waals surface area contributed by atoms with Crippen molar-refractivity contribution >= 4 is 0 Å². The van der Waals surface area contributed by atoms with E-state index >= 15 is 0 Å². The topological polar surface area (TPSA) is 51.4 Å². The Labute approximate surface area is 136 Å². The number of ether oxygens (including phenoxy) is 1. The van der Waals surface area contributed by atoms with E-state index in [1.54, 1.807) is 0 Å². The second-order valence-electron chi connectivity index (χ2n) is 6.50. The van der Waals surface area contributed by atoms with Gasteiger partial charge in [0.25, 0.3) is 0 Å². The average molecular weight is 313 g/mol. The number of rotatable bonds is 4. The highest BCUT2D eigenvalue weighted by Crippen LogP contribution is 2.29. The third-order valence-corrected chi connectivity index (χ3v) is 4.90. The zero-order chi connectivity index (χ0) is 15.5. The lowest BCUT2D eigenvalue weighted by molar-refractivity contribution is -0.0933. The lowest BCUT2D eigenvalue weighted by atomic mass is 9.90. The molecule has 5 nitrogen and oxygen atoms in total. The number of hydrogen-bond acceptors (Lipinski definition) is 5. The first-order chi connectivity index (χ1) is 11.4. The molecule has 2 fully saturated rings. The van der Waals surface area contributed by atoms with E-state index in [-0.39, 0.29) is 0 Å². The SMILES string of the molecule is c1ccc(Cc2noc(CN3CCO[C@@H]4CCCC[C@@H]43)n2)cc1. The van der Waals surface area contributed by atoms with Crippen LogP contribution in [-0.4, -0.2) is 40.3 Å². The highest BCUT2D eigenvalue weighted by Gasteiger charge is 2.34. The molecule has 0 N–H and O–H groups in total. The first-order valence-electron chi connectivity index (χ1n) is 8.59. The summed E-state index contributed by atoms with van der Waals surface area (Å²) in [5, 5.41) is 4.14. The van der Waals surface area contributed by atoms with E-state index in [0.29, 0.717) is 12.1 Å². The van der Waals surface area contributed by atoms with Crippen LogP contribution in [0.4, 0.5) is 0 Å². The summed E-state index contributed by atoms with van der Waals surface area (Å²) in [6.45, 7) is 2.51. The zero-order valence-corrected chi connectivity index (χ0v) is 13.4. The predicted molar refractivity (Wildman–Crippen MR) is 86.0 cm³/mol. The molecule has 1 saturated heterocycles. The Morgan fingerprint density at radius 3 is 2.91 bits per heavy atom. The second kappa shape index (κ2) is 6.81. The van der Waals surface area contributed by atoms with Crippen molar-refractivity contribution < 1.29 is 9.26 Å². The lowest BCUT2D eigenvalue weighted by Crippen LogP contribution is -2.52. The molecule has 0 amide bonds. The molecule has 0 spiro atoms. The van der Waals surface area contributed by atoms with Gasteiger partial charge in [0.15, 0.2) is 5.82 Å². The van der Waals surface area contributed by atoms with Crippen molar-refractivity contribution in [1.29, 1.82) is 0 Å². The highest BCUT2D eigenvalue weighted by atomic mass is 16.5. The molecule has 0 radical (unpaired) electrons. The van der Waals surface area contributed by atoms with Crippen molar-refractivity contribution in [1.82, 2.24) is 15.0 Å². The maximum atomic E-state index is 5.93. The molecule has 1 aliphatic heterocycles. The van der Waals surface area contributed by atoms with Crippen molar-refractivity contribution in [2.45, 2.75) is 50.8 Å². The largest absolute Gasteiger partial charge is 0.375 e. The number of benzene rings is 1. The molecular formula is C18H23N3O2. The summed E-state index contributed by atoms with van der Waals surface area (Å²) >= 11 is 0. The number of morpholine rings is 1. The lowest BCUT2D eigenvalue weighted by Gasteiger charge is -2.43. The normalized spacial score (nSPS) is 25.2. The Hall–Kier alpha value is -1.72. The highest BCUT2D eigenvalue weighted by molar-refractivity contribution is 5.18. The van der Waals surface area contributed by atoms with Crippen LogP contribution in [-0.2, 0) is 17.7 Å². The van der Waals surface area contributed by atoms with Crippen molar-refractivity contribution in [3.8, 4) is 0 Å². The number of aromatic nitrogens is 2. The summed E-state index contributed by atoms with van der Waals surface area (Å²) in [5.74, 6) is 1.49. The fraction of sp³-hybridized carbons (Fsp3) is 0.556. The second-order valence-corrected chi connectivity index (χ2v) is 6.50. The van der Waals surface area contributed by atoms with Crippen LogP contribution in [0.5, 0.6) is 0 Å². The molecule has 23 heavy (non-hydrogen) atoms. The molecular weight excluding hydrogens is 290 g/mol. The number of hydrogen-bond donors (Lipinski definition) is 0. The first-order valence-corrected chi connectivity index (χ1v) is 8.59. The van der Waals surface area contributed by atoms with Gasteiger partial charge in [-0.05, 0) is 18.4 Å². The van der Waals surface area contributed by atoms with Gasteiger partial charge in [-0.2, -0.15) is 4.98 Å². The molecule has 2 heterocycles. The molecule has 0 bridgehead atoms. The predicted octanol–water partition coefficient (Wildman–Crippen LogP) is 2.80. The summed E-state index contributed by atoms with van der Waals surface area (Å²) in [4.78, 5) is 7.04. The third kappa shape index (κ3) is 3.46. The first kappa shape index (κ1) is 14.8. The molecule has 2 aromatic rings. The molecule has 2 atom stereocenters. The minimum absolute atomic E-state index is 0.393. The van der Waals surface area contributed by atoms with Gasteiger partial charge in [0.2, 0.25) is 5.89 Å². The fourth-order valence-electron chi connectivity index (χ4n) is 3.75. The van der Waals surface area contributed by atoms with Gasteiger partial charge >= 0.3 is 0 Å². The van der Waals surface area contributed by atoms with Crippen LogP contribution in [0.15, 0.2) is 34.9 Å². The van der Waals surface area contributed by atoms with Crippen LogP contribution in [0.2, 0.25) is 0 Å². The van der Waals surface area contributed by atoms with Gasteiger partial charge in [0.1, 0.15) is 0 Å². The van der Waals surface area contributed by atoms with E-state index in [4.69, 9.17) is 9.26 Å². The van der Waals surface area contributed by atoms with E-state index in [1.165, 1.54) is 31.2 Å². The summed E-state index contributed by atoms with van der Waals surface area (Å²) in [6.07, 6.45) is 6.10.